The van der Waals surface area contributed by atoms with Crippen molar-refractivity contribution in [2.24, 2.45) is 0 Å². The van der Waals surface area contributed by atoms with Crippen molar-refractivity contribution in [1.29, 1.82) is 0 Å². The van der Waals surface area contributed by atoms with Gasteiger partial charge in [0.25, 0.3) is 5.91 Å². The zero-order valence-electron chi connectivity index (χ0n) is 9.61. The lowest BCUT2D eigenvalue weighted by atomic mass is 10.1. The number of amides is 1. The SMILES string of the molecule is C[C@@H](NC(=O)c1ccc(Cl)o1)c1cccc(Cl)c1. The highest BCUT2D eigenvalue weighted by Crippen LogP contribution is 2.19. The van der Waals surface area contributed by atoms with Crippen LogP contribution in [0.1, 0.15) is 29.1 Å². The van der Waals surface area contributed by atoms with E-state index in [0.717, 1.165) is 5.56 Å². The minimum absolute atomic E-state index is 0.167. The molecule has 0 fully saturated rings. The maximum atomic E-state index is 11.8. The van der Waals surface area contributed by atoms with E-state index in [9.17, 15) is 4.79 Å². The first-order chi connectivity index (χ1) is 8.56. The van der Waals surface area contributed by atoms with Crippen LogP contribution in [0.4, 0.5) is 0 Å². The van der Waals surface area contributed by atoms with Gasteiger partial charge in [-0.15, -0.1) is 0 Å². The van der Waals surface area contributed by atoms with Crippen LogP contribution in [0, 0.1) is 0 Å². The lowest BCUT2D eigenvalue weighted by Gasteiger charge is -2.13. The number of carbonyl (C=O) groups is 1. The second kappa shape index (κ2) is 5.46. The predicted molar refractivity (Wildman–Crippen MR) is 71.1 cm³/mol. The van der Waals surface area contributed by atoms with E-state index in [1.807, 2.05) is 25.1 Å². The molecule has 0 aliphatic heterocycles. The summed E-state index contributed by atoms with van der Waals surface area (Å²) in [5.41, 5.74) is 0.925. The molecule has 1 aromatic heterocycles. The molecular formula is C13H11Cl2NO2. The van der Waals surface area contributed by atoms with Crippen LogP contribution < -0.4 is 5.32 Å². The van der Waals surface area contributed by atoms with Gasteiger partial charge in [-0.1, -0.05) is 23.7 Å². The van der Waals surface area contributed by atoms with E-state index in [-0.39, 0.29) is 22.9 Å². The van der Waals surface area contributed by atoms with E-state index in [4.69, 9.17) is 27.6 Å². The quantitative estimate of drug-likeness (QED) is 0.922. The summed E-state index contributed by atoms with van der Waals surface area (Å²) in [6.07, 6.45) is 0. The van der Waals surface area contributed by atoms with Gasteiger partial charge < -0.3 is 9.73 Å². The minimum atomic E-state index is -0.311. The normalized spacial score (nSPS) is 12.2. The Bertz CT molecular complexity index is 566. The van der Waals surface area contributed by atoms with Crippen molar-refractivity contribution in [3.05, 3.63) is 58.0 Å². The second-order valence-electron chi connectivity index (χ2n) is 3.85. The Morgan fingerprint density at radius 3 is 2.67 bits per heavy atom. The van der Waals surface area contributed by atoms with Crippen molar-refractivity contribution >= 4 is 29.1 Å². The summed E-state index contributed by atoms with van der Waals surface area (Å²) in [6, 6.07) is 10.2. The summed E-state index contributed by atoms with van der Waals surface area (Å²) in [5.74, 6) is -0.122. The monoisotopic (exact) mass is 283 g/mol. The lowest BCUT2D eigenvalue weighted by Crippen LogP contribution is -2.26. The average molecular weight is 284 g/mol. The van der Waals surface area contributed by atoms with Crippen molar-refractivity contribution in [3.63, 3.8) is 0 Å². The molecule has 0 radical (unpaired) electrons. The number of nitrogens with one attached hydrogen (secondary N) is 1. The van der Waals surface area contributed by atoms with Crippen molar-refractivity contribution in [2.75, 3.05) is 0 Å². The van der Waals surface area contributed by atoms with Gasteiger partial charge in [-0.25, -0.2) is 0 Å². The molecule has 1 atom stereocenters. The first-order valence-electron chi connectivity index (χ1n) is 5.38. The number of carbonyl (C=O) groups excluding carboxylic acids is 1. The first-order valence-corrected chi connectivity index (χ1v) is 6.13. The van der Waals surface area contributed by atoms with Crippen LogP contribution in [0.2, 0.25) is 10.2 Å². The molecule has 5 heteroatoms. The molecule has 1 amide bonds. The number of furan rings is 1. The van der Waals surface area contributed by atoms with Crippen LogP contribution in [0.15, 0.2) is 40.8 Å². The van der Waals surface area contributed by atoms with Crippen molar-refractivity contribution < 1.29 is 9.21 Å². The van der Waals surface area contributed by atoms with Crippen LogP contribution >= 0.6 is 23.2 Å². The van der Waals surface area contributed by atoms with E-state index in [0.29, 0.717) is 5.02 Å². The summed E-state index contributed by atoms with van der Waals surface area (Å²) in [4.78, 5) is 11.8. The average Bonchev–Trinajstić information content (AvgIpc) is 2.76. The molecular weight excluding hydrogens is 273 g/mol. The third-order valence-corrected chi connectivity index (χ3v) is 2.93. The predicted octanol–water partition coefficient (Wildman–Crippen LogP) is 4.08. The molecule has 18 heavy (non-hydrogen) atoms. The zero-order valence-corrected chi connectivity index (χ0v) is 11.1. The minimum Gasteiger partial charge on any atom is -0.440 e. The fourth-order valence-electron chi connectivity index (χ4n) is 1.56. The molecule has 94 valence electrons. The third-order valence-electron chi connectivity index (χ3n) is 2.49. The van der Waals surface area contributed by atoms with Crippen LogP contribution in [-0.4, -0.2) is 5.91 Å². The summed E-state index contributed by atoms with van der Waals surface area (Å²) in [5, 5.41) is 3.63. The molecule has 1 heterocycles. The fraction of sp³-hybridized carbons (Fsp3) is 0.154. The molecule has 0 saturated carbocycles. The maximum Gasteiger partial charge on any atom is 0.287 e. The molecule has 2 rings (SSSR count). The zero-order chi connectivity index (χ0) is 13.1. The van der Waals surface area contributed by atoms with Gasteiger partial charge >= 0.3 is 0 Å². The molecule has 0 saturated heterocycles. The second-order valence-corrected chi connectivity index (χ2v) is 4.66. The standard InChI is InChI=1S/C13H11Cl2NO2/c1-8(9-3-2-4-10(14)7-9)16-13(17)11-5-6-12(15)18-11/h2-8H,1H3,(H,16,17)/t8-/m1/s1. The number of benzene rings is 1. The Balaban J connectivity index is 2.07. The Kier molecular flexibility index (Phi) is 3.94. The Hall–Kier alpha value is -1.45. The smallest absolute Gasteiger partial charge is 0.287 e. The highest BCUT2D eigenvalue weighted by molar-refractivity contribution is 6.30. The van der Waals surface area contributed by atoms with Crippen LogP contribution in [0.3, 0.4) is 0 Å². The summed E-state index contributed by atoms with van der Waals surface area (Å²) in [6.45, 7) is 1.87. The molecule has 1 N–H and O–H groups in total. The van der Waals surface area contributed by atoms with Crippen molar-refractivity contribution in [3.8, 4) is 0 Å². The topological polar surface area (TPSA) is 42.2 Å². The van der Waals surface area contributed by atoms with Gasteiger partial charge in [-0.2, -0.15) is 0 Å². The number of halogens is 2. The van der Waals surface area contributed by atoms with Crippen LogP contribution in [-0.2, 0) is 0 Å². The molecule has 3 nitrogen and oxygen atoms in total. The fourth-order valence-corrected chi connectivity index (χ4v) is 1.91. The van der Waals surface area contributed by atoms with Gasteiger partial charge in [0.15, 0.2) is 11.0 Å². The summed E-state index contributed by atoms with van der Waals surface area (Å²) >= 11 is 11.5. The Morgan fingerprint density at radius 1 is 1.28 bits per heavy atom. The van der Waals surface area contributed by atoms with Gasteiger partial charge in [0, 0.05) is 5.02 Å². The number of hydrogen-bond donors (Lipinski definition) is 1. The highest BCUT2D eigenvalue weighted by atomic mass is 35.5. The maximum absolute atomic E-state index is 11.8. The van der Waals surface area contributed by atoms with Gasteiger partial charge in [0.2, 0.25) is 0 Å². The molecule has 0 spiro atoms. The molecule has 0 aliphatic carbocycles. The Morgan fingerprint density at radius 2 is 2.06 bits per heavy atom. The van der Waals surface area contributed by atoms with Crippen molar-refractivity contribution in [2.45, 2.75) is 13.0 Å². The molecule has 0 unspecified atom stereocenters. The summed E-state index contributed by atoms with van der Waals surface area (Å²) in [7, 11) is 0. The number of rotatable bonds is 3. The third kappa shape index (κ3) is 3.06. The van der Waals surface area contributed by atoms with E-state index in [2.05, 4.69) is 5.32 Å². The van der Waals surface area contributed by atoms with E-state index < -0.39 is 0 Å². The van der Waals surface area contributed by atoms with Crippen LogP contribution in [0.5, 0.6) is 0 Å². The van der Waals surface area contributed by atoms with Gasteiger partial charge in [-0.3, -0.25) is 4.79 Å². The van der Waals surface area contributed by atoms with E-state index >= 15 is 0 Å². The van der Waals surface area contributed by atoms with Crippen molar-refractivity contribution in [1.82, 2.24) is 5.32 Å². The highest BCUT2D eigenvalue weighted by Gasteiger charge is 2.14. The first kappa shape index (κ1) is 13.0. The van der Waals surface area contributed by atoms with Gasteiger partial charge in [0.1, 0.15) is 0 Å². The summed E-state index contributed by atoms with van der Waals surface area (Å²) < 4.78 is 5.03. The van der Waals surface area contributed by atoms with Crippen LogP contribution in [0.25, 0.3) is 0 Å². The van der Waals surface area contributed by atoms with Gasteiger partial charge in [-0.05, 0) is 48.4 Å². The molecule has 1 aromatic carbocycles. The lowest BCUT2D eigenvalue weighted by molar-refractivity contribution is 0.0912. The molecule has 0 aliphatic rings. The van der Waals surface area contributed by atoms with E-state index in [1.54, 1.807) is 6.07 Å². The molecule has 2 aromatic rings. The largest absolute Gasteiger partial charge is 0.440 e. The van der Waals surface area contributed by atoms with Gasteiger partial charge in [0.05, 0.1) is 6.04 Å². The van der Waals surface area contributed by atoms with E-state index in [1.165, 1.54) is 12.1 Å². The Labute approximate surface area is 115 Å². The molecule has 0 bridgehead atoms. The number of hydrogen-bond acceptors (Lipinski definition) is 2.